The second kappa shape index (κ2) is 7.41. The van der Waals surface area contributed by atoms with Gasteiger partial charge in [0, 0.05) is 31.4 Å². The number of nitro benzene ring substituents is 1. The molecular formula is C18H20N6O4S. The van der Waals surface area contributed by atoms with E-state index in [2.05, 4.69) is 15.5 Å². The summed E-state index contributed by atoms with van der Waals surface area (Å²) in [5.41, 5.74) is 0.696. The van der Waals surface area contributed by atoms with Crippen LogP contribution in [0.5, 0.6) is 0 Å². The van der Waals surface area contributed by atoms with E-state index in [9.17, 15) is 18.5 Å². The molecule has 10 nitrogen and oxygen atoms in total. The molecule has 0 amide bonds. The average molecular weight is 416 g/mol. The zero-order valence-electron chi connectivity index (χ0n) is 15.7. The topological polar surface area (TPSA) is 123 Å². The molecule has 3 aromatic rings. The number of non-ortho nitro benzene ring substituents is 1. The maximum Gasteiger partial charge on any atom is 0.270 e. The molecule has 0 bridgehead atoms. The Labute approximate surface area is 167 Å². The lowest BCUT2D eigenvalue weighted by Gasteiger charge is -2.20. The summed E-state index contributed by atoms with van der Waals surface area (Å²) in [6, 6.07) is 8.97. The number of hydrogen-bond acceptors (Lipinski definition) is 7. The van der Waals surface area contributed by atoms with Gasteiger partial charge in [-0.2, -0.15) is 4.31 Å². The van der Waals surface area contributed by atoms with E-state index in [0.717, 1.165) is 18.9 Å². The van der Waals surface area contributed by atoms with Crippen molar-refractivity contribution in [1.29, 1.82) is 0 Å². The molecule has 1 unspecified atom stereocenters. The minimum Gasteiger partial charge on any atom is -0.374 e. The molecule has 29 heavy (non-hydrogen) atoms. The lowest BCUT2D eigenvalue weighted by Crippen LogP contribution is -2.29. The summed E-state index contributed by atoms with van der Waals surface area (Å²) in [7, 11) is -3.86. The van der Waals surface area contributed by atoms with E-state index in [1.807, 2.05) is 31.3 Å². The number of anilines is 1. The molecule has 1 atom stereocenters. The molecule has 1 aliphatic rings. The molecule has 2 aromatic heterocycles. The Morgan fingerprint density at radius 3 is 2.66 bits per heavy atom. The van der Waals surface area contributed by atoms with Gasteiger partial charge in [-0.25, -0.2) is 8.42 Å². The number of nitrogens with zero attached hydrogens (tertiary/aromatic N) is 5. The van der Waals surface area contributed by atoms with E-state index in [1.54, 1.807) is 4.40 Å². The maximum absolute atomic E-state index is 13.1. The van der Waals surface area contributed by atoms with Crippen molar-refractivity contribution in [1.82, 2.24) is 18.9 Å². The Hall–Kier alpha value is -3.05. The Morgan fingerprint density at radius 1 is 1.17 bits per heavy atom. The molecule has 0 saturated carbocycles. The minimum absolute atomic E-state index is 0.103. The average Bonchev–Trinajstić information content (AvgIpc) is 3.38. The first-order valence-electron chi connectivity index (χ1n) is 9.23. The SMILES string of the molecule is CC(Nc1ccc([N+](=O)[O-])cc1S(=O)(=O)N1CCCC1)c1nnc2ccccn12. The second-order valence-corrected chi connectivity index (χ2v) is 8.81. The summed E-state index contributed by atoms with van der Waals surface area (Å²) < 4.78 is 29.5. The molecule has 0 radical (unpaired) electrons. The van der Waals surface area contributed by atoms with E-state index >= 15 is 0 Å². The number of hydrogen-bond donors (Lipinski definition) is 1. The van der Waals surface area contributed by atoms with E-state index in [4.69, 9.17) is 0 Å². The predicted molar refractivity (Wildman–Crippen MR) is 106 cm³/mol. The van der Waals surface area contributed by atoms with E-state index in [-0.39, 0.29) is 16.6 Å². The number of aromatic nitrogens is 3. The molecule has 0 spiro atoms. The zero-order chi connectivity index (χ0) is 20.6. The monoisotopic (exact) mass is 416 g/mol. The summed E-state index contributed by atoms with van der Waals surface area (Å²) in [5.74, 6) is 0.600. The van der Waals surface area contributed by atoms with Gasteiger partial charge in [0.1, 0.15) is 4.90 Å². The van der Waals surface area contributed by atoms with Gasteiger partial charge in [-0.1, -0.05) is 6.07 Å². The largest absolute Gasteiger partial charge is 0.374 e. The van der Waals surface area contributed by atoms with Crippen LogP contribution in [0.2, 0.25) is 0 Å². The minimum atomic E-state index is -3.86. The van der Waals surface area contributed by atoms with Gasteiger partial charge in [-0.15, -0.1) is 10.2 Å². The standard InChI is InChI=1S/C18H20N6O4S/c1-13(18-21-20-17-6-2-3-11-23(17)18)19-15-8-7-14(24(25)26)12-16(15)29(27,28)22-9-4-5-10-22/h2-3,6-8,11-13,19H,4-5,9-10H2,1H3. The molecule has 1 fully saturated rings. The highest BCUT2D eigenvalue weighted by atomic mass is 32.2. The van der Waals surface area contributed by atoms with Crippen LogP contribution in [0.4, 0.5) is 11.4 Å². The fraction of sp³-hybridized carbons (Fsp3) is 0.333. The molecule has 1 aromatic carbocycles. The van der Waals surface area contributed by atoms with Crippen molar-refractivity contribution in [3.05, 3.63) is 58.5 Å². The number of pyridine rings is 1. The number of nitrogens with one attached hydrogen (secondary N) is 1. The smallest absolute Gasteiger partial charge is 0.270 e. The summed E-state index contributed by atoms with van der Waals surface area (Å²) in [6.45, 7) is 2.65. The van der Waals surface area contributed by atoms with Crippen LogP contribution < -0.4 is 5.32 Å². The van der Waals surface area contributed by atoms with Crippen LogP contribution in [0, 0.1) is 10.1 Å². The Balaban J connectivity index is 1.74. The van der Waals surface area contributed by atoms with Crippen molar-refractivity contribution < 1.29 is 13.3 Å². The number of sulfonamides is 1. The summed E-state index contributed by atoms with van der Waals surface area (Å²) in [4.78, 5) is 10.5. The van der Waals surface area contributed by atoms with Crippen LogP contribution in [0.3, 0.4) is 0 Å². The van der Waals surface area contributed by atoms with Crippen molar-refractivity contribution in [3.63, 3.8) is 0 Å². The highest BCUT2D eigenvalue weighted by molar-refractivity contribution is 7.89. The van der Waals surface area contributed by atoms with Crippen LogP contribution in [0.15, 0.2) is 47.5 Å². The fourth-order valence-corrected chi connectivity index (χ4v) is 5.17. The van der Waals surface area contributed by atoms with Crippen molar-refractivity contribution in [2.75, 3.05) is 18.4 Å². The first-order chi connectivity index (χ1) is 13.9. The summed E-state index contributed by atoms with van der Waals surface area (Å²) in [5, 5.41) is 22.7. The van der Waals surface area contributed by atoms with Crippen molar-refractivity contribution in [3.8, 4) is 0 Å². The lowest BCUT2D eigenvalue weighted by atomic mass is 10.2. The van der Waals surface area contributed by atoms with Crippen LogP contribution >= 0.6 is 0 Å². The van der Waals surface area contributed by atoms with Crippen molar-refractivity contribution in [2.45, 2.75) is 30.7 Å². The van der Waals surface area contributed by atoms with Crippen LogP contribution in [-0.2, 0) is 10.0 Å². The zero-order valence-corrected chi connectivity index (χ0v) is 16.5. The third-order valence-electron chi connectivity index (χ3n) is 4.96. The molecule has 1 saturated heterocycles. The first kappa shape index (κ1) is 19.3. The Morgan fingerprint density at radius 2 is 1.93 bits per heavy atom. The molecule has 11 heteroatoms. The lowest BCUT2D eigenvalue weighted by molar-refractivity contribution is -0.385. The quantitative estimate of drug-likeness (QED) is 0.484. The highest BCUT2D eigenvalue weighted by Gasteiger charge is 2.31. The van der Waals surface area contributed by atoms with Crippen LogP contribution in [-0.4, -0.2) is 45.3 Å². The van der Waals surface area contributed by atoms with Gasteiger partial charge in [-0.3, -0.25) is 14.5 Å². The van der Waals surface area contributed by atoms with Crippen molar-refractivity contribution >= 4 is 27.0 Å². The summed E-state index contributed by atoms with van der Waals surface area (Å²) >= 11 is 0. The molecule has 0 aliphatic carbocycles. The molecule has 4 rings (SSSR count). The molecule has 3 heterocycles. The molecule has 152 valence electrons. The second-order valence-electron chi connectivity index (χ2n) is 6.90. The third-order valence-corrected chi connectivity index (χ3v) is 6.90. The number of benzene rings is 1. The van der Waals surface area contributed by atoms with Gasteiger partial charge in [0.15, 0.2) is 11.5 Å². The number of fused-ring (bicyclic) bond motifs is 1. The van der Waals surface area contributed by atoms with E-state index in [0.29, 0.717) is 30.2 Å². The van der Waals surface area contributed by atoms with Crippen LogP contribution in [0.1, 0.15) is 31.6 Å². The highest BCUT2D eigenvalue weighted by Crippen LogP contribution is 2.32. The predicted octanol–water partition coefficient (Wildman–Crippen LogP) is 2.60. The number of rotatable bonds is 6. The first-order valence-corrected chi connectivity index (χ1v) is 10.7. The van der Waals surface area contributed by atoms with Gasteiger partial charge in [0.05, 0.1) is 16.7 Å². The molecule has 1 aliphatic heterocycles. The van der Waals surface area contributed by atoms with Gasteiger partial charge in [0.2, 0.25) is 10.0 Å². The fourth-order valence-electron chi connectivity index (χ4n) is 3.48. The molecular weight excluding hydrogens is 396 g/mol. The van der Waals surface area contributed by atoms with E-state index in [1.165, 1.54) is 16.4 Å². The third kappa shape index (κ3) is 3.54. The Bertz CT molecular complexity index is 1170. The van der Waals surface area contributed by atoms with Gasteiger partial charge >= 0.3 is 0 Å². The van der Waals surface area contributed by atoms with Crippen molar-refractivity contribution in [2.24, 2.45) is 0 Å². The van der Waals surface area contributed by atoms with Crippen LogP contribution in [0.25, 0.3) is 5.65 Å². The number of nitro groups is 1. The van der Waals surface area contributed by atoms with Gasteiger partial charge < -0.3 is 5.32 Å². The van der Waals surface area contributed by atoms with Gasteiger partial charge in [0.25, 0.3) is 5.69 Å². The van der Waals surface area contributed by atoms with Gasteiger partial charge in [-0.05, 0) is 38.0 Å². The molecule has 1 N–H and O–H groups in total. The summed E-state index contributed by atoms with van der Waals surface area (Å²) in [6.07, 6.45) is 3.37. The maximum atomic E-state index is 13.1. The van der Waals surface area contributed by atoms with E-state index < -0.39 is 14.9 Å². The Kier molecular flexibility index (Phi) is 4.92. The normalized spacial score (nSPS) is 16.2.